The van der Waals surface area contributed by atoms with Gasteiger partial charge in [0.05, 0.1) is 16.6 Å². The number of hydrogen-bond acceptors (Lipinski definition) is 3. The number of likely N-dealkylation sites (tertiary alicyclic amines) is 1. The first-order valence-corrected chi connectivity index (χ1v) is 12.4. The van der Waals surface area contributed by atoms with Gasteiger partial charge in [0.15, 0.2) is 0 Å². The Hall–Kier alpha value is -2.52. The van der Waals surface area contributed by atoms with Crippen molar-refractivity contribution in [1.82, 2.24) is 14.5 Å². The van der Waals surface area contributed by atoms with E-state index in [1.807, 2.05) is 4.57 Å². The van der Waals surface area contributed by atoms with E-state index in [0.29, 0.717) is 42.6 Å². The molecule has 1 N–H and O–H groups in total. The van der Waals surface area contributed by atoms with Gasteiger partial charge in [0.25, 0.3) is 5.91 Å². The zero-order chi connectivity index (χ0) is 26.4. The first kappa shape index (κ1) is 26.5. The topological polar surface area (TPSA) is 75.4 Å². The van der Waals surface area contributed by atoms with Crippen molar-refractivity contribution in [1.29, 1.82) is 0 Å². The Morgan fingerprint density at radius 3 is 2.50 bits per heavy atom. The highest BCUT2D eigenvalue weighted by Crippen LogP contribution is 2.43. The number of carbonyl (C=O) groups excluding carboxylic acids is 1. The Labute approximate surface area is 216 Å². The summed E-state index contributed by atoms with van der Waals surface area (Å²) in [6.07, 6.45) is 1.08. The Balaban J connectivity index is 1.60. The molecule has 194 valence electrons. The van der Waals surface area contributed by atoms with Gasteiger partial charge < -0.3 is 14.6 Å². The standard InChI is InChI=1S/C25H26Cl2F3N3O3/c1-13-7-16(25(28,29)30)9-17-14(2)11-33(23(13)17)12-18-19(26)10-31-22(21(18)27)24(36)32-5-3-15(4-6-32)8-20(34)35/h9-11,13,15H,3-8,12H2,1-2H3,(H,34,35). The molecule has 1 saturated heterocycles. The number of hydrogen-bond donors (Lipinski definition) is 1. The van der Waals surface area contributed by atoms with Gasteiger partial charge in [0, 0.05) is 54.7 Å². The Kier molecular flexibility index (Phi) is 7.44. The van der Waals surface area contributed by atoms with Gasteiger partial charge in [-0.25, -0.2) is 4.98 Å². The second-order valence-corrected chi connectivity index (χ2v) is 10.4. The molecule has 2 aromatic rings. The number of carboxylic acid groups (broad SMARTS) is 1. The molecule has 0 saturated carbocycles. The molecule has 36 heavy (non-hydrogen) atoms. The summed E-state index contributed by atoms with van der Waals surface area (Å²) in [4.78, 5) is 29.9. The normalized spacial score (nSPS) is 18.7. The molecule has 0 radical (unpaired) electrons. The highest BCUT2D eigenvalue weighted by molar-refractivity contribution is 6.37. The molecule has 2 aliphatic rings. The summed E-state index contributed by atoms with van der Waals surface area (Å²) >= 11 is 13.1. The fourth-order valence-electron chi connectivity index (χ4n) is 5.16. The summed E-state index contributed by atoms with van der Waals surface area (Å²) < 4.78 is 42.0. The van der Waals surface area contributed by atoms with Crippen LogP contribution in [0.2, 0.25) is 10.0 Å². The second-order valence-electron chi connectivity index (χ2n) is 9.59. The molecule has 0 spiro atoms. The van der Waals surface area contributed by atoms with E-state index in [0.717, 1.165) is 5.69 Å². The van der Waals surface area contributed by atoms with E-state index >= 15 is 0 Å². The van der Waals surface area contributed by atoms with E-state index in [-0.39, 0.29) is 52.9 Å². The van der Waals surface area contributed by atoms with Crippen LogP contribution in [0.5, 0.6) is 0 Å². The Morgan fingerprint density at radius 2 is 1.89 bits per heavy atom. The number of fused-ring (bicyclic) bond motifs is 1. The molecule has 0 bridgehead atoms. The number of amides is 1. The Morgan fingerprint density at radius 1 is 1.22 bits per heavy atom. The van der Waals surface area contributed by atoms with Gasteiger partial charge in [-0.2, -0.15) is 13.2 Å². The maximum absolute atomic E-state index is 13.4. The molecule has 0 aromatic carbocycles. The third-order valence-electron chi connectivity index (χ3n) is 7.00. The van der Waals surface area contributed by atoms with Crippen LogP contribution in [0.25, 0.3) is 6.08 Å². The SMILES string of the molecule is Cc1cn(Cc2c(Cl)cnc(C(=O)N3CCC(CC(=O)O)CC3)c2Cl)c2c1C=C(C(F)(F)F)CC2C. The van der Waals surface area contributed by atoms with Crippen LogP contribution < -0.4 is 0 Å². The predicted molar refractivity (Wildman–Crippen MR) is 130 cm³/mol. The maximum Gasteiger partial charge on any atom is 0.412 e. The fourth-order valence-corrected chi connectivity index (χ4v) is 5.70. The van der Waals surface area contributed by atoms with Crippen molar-refractivity contribution in [3.8, 4) is 0 Å². The van der Waals surface area contributed by atoms with Crippen molar-refractivity contribution in [3.63, 3.8) is 0 Å². The molecule has 4 rings (SSSR count). The number of halogens is 5. The van der Waals surface area contributed by atoms with Gasteiger partial charge in [0.1, 0.15) is 5.69 Å². The van der Waals surface area contributed by atoms with Gasteiger partial charge in [0.2, 0.25) is 0 Å². The lowest BCUT2D eigenvalue weighted by atomic mass is 9.87. The zero-order valence-corrected chi connectivity index (χ0v) is 21.3. The number of carboxylic acids is 1. The number of carbonyl (C=O) groups is 2. The van der Waals surface area contributed by atoms with Crippen molar-refractivity contribution in [2.24, 2.45) is 5.92 Å². The van der Waals surface area contributed by atoms with Crippen molar-refractivity contribution in [2.75, 3.05) is 13.1 Å². The number of rotatable bonds is 5. The van der Waals surface area contributed by atoms with Crippen molar-refractivity contribution in [2.45, 2.75) is 58.2 Å². The van der Waals surface area contributed by atoms with E-state index in [1.54, 1.807) is 24.9 Å². The molecule has 11 heteroatoms. The summed E-state index contributed by atoms with van der Waals surface area (Å²) in [6.45, 7) is 4.50. The molecule has 1 amide bonds. The van der Waals surface area contributed by atoms with Crippen molar-refractivity contribution < 1.29 is 27.9 Å². The minimum Gasteiger partial charge on any atom is -0.481 e. The molecular formula is C25H26Cl2F3N3O3. The van der Waals surface area contributed by atoms with Crippen LogP contribution in [-0.2, 0) is 11.3 Å². The molecule has 2 aromatic heterocycles. The van der Waals surface area contributed by atoms with E-state index in [9.17, 15) is 22.8 Å². The number of aromatic nitrogens is 2. The van der Waals surface area contributed by atoms with Gasteiger partial charge in [-0.15, -0.1) is 0 Å². The first-order chi connectivity index (χ1) is 16.9. The van der Waals surface area contributed by atoms with Gasteiger partial charge in [-0.1, -0.05) is 30.1 Å². The highest BCUT2D eigenvalue weighted by Gasteiger charge is 2.38. The number of alkyl halides is 3. The van der Waals surface area contributed by atoms with E-state index in [1.165, 1.54) is 12.3 Å². The van der Waals surface area contributed by atoms with Crippen LogP contribution in [0.3, 0.4) is 0 Å². The third kappa shape index (κ3) is 5.27. The van der Waals surface area contributed by atoms with Crippen LogP contribution in [0, 0.1) is 12.8 Å². The van der Waals surface area contributed by atoms with Crippen LogP contribution in [0.1, 0.15) is 71.4 Å². The molecule has 6 nitrogen and oxygen atoms in total. The number of piperidine rings is 1. The average Bonchev–Trinajstić information content (AvgIpc) is 3.11. The number of aliphatic carboxylic acids is 1. The van der Waals surface area contributed by atoms with E-state index < -0.39 is 17.7 Å². The molecular weight excluding hydrogens is 518 g/mol. The van der Waals surface area contributed by atoms with Crippen LogP contribution in [0.15, 0.2) is 18.0 Å². The molecule has 1 atom stereocenters. The van der Waals surface area contributed by atoms with Crippen LogP contribution >= 0.6 is 23.2 Å². The van der Waals surface area contributed by atoms with Crippen molar-refractivity contribution in [3.05, 3.63) is 56.1 Å². The largest absolute Gasteiger partial charge is 0.481 e. The molecule has 3 heterocycles. The molecule has 1 aliphatic carbocycles. The van der Waals surface area contributed by atoms with Crippen LogP contribution in [0.4, 0.5) is 13.2 Å². The van der Waals surface area contributed by atoms with E-state index in [4.69, 9.17) is 28.3 Å². The first-order valence-electron chi connectivity index (χ1n) is 11.7. The monoisotopic (exact) mass is 543 g/mol. The van der Waals surface area contributed by atoms with E-state index in [2.05, 4.69) is 4.98 Å². The Bertz CT molecular complexity index is 1230. The second kappa shape index (κ2) is 10.1. The van der Waals surface area contributed by atoms with Gasteiger partial charge in [-0.3, -0.25) is 9.59 Å². The quantitative estimate of drug-likeness (QED) is 0.478. The highest BCUT2D eigenvalue weighted by atomic mass is 35.5. The lowest BCUT2D eigenvalue weighted by molar-refractivity contribution is -0.138. The predicted octanol–water partition coefficient (Wildman–Crippen LogP) is 6.33. The van der Waals surface area contributed by atoms with Gasteiger partial charge >= 0.3 is 12.1 Å². The number of allylic oxidation sites excluding steroid dienone is 1. The molecule has 1 fully saturated rings. The van der Waals surface area contributed by atoms with Gasteiger partial charge in [-0.05, 0) is 49.3 Å². The smallest absolute Gasteiger partial charge is 0.412 e. The lowest BCUT2D eigenvalue weighted by Crippen LogP contribution is -2.39. The summed E-state index contributed by atoms with van der Waals surface area (Å²) in [7, 11) is 0. The third-order valence-corrected chi connectivity index (χ3v) is 7.73. The minimum atomic E-state index is -4.38. The summed E-state index contributed by atoms with van der Waals surface area (Å²) in [5, 5.41) is 9.36. The molecule has 1 unspecified atom stereocenters. The average molecular weight is 544 g/mol. The van der Waals surface area contributed by atoms with Crippen LogP contribution in [-0.4, -0.2) is 50.7 Å². The summed E-state index contributed by atoms with van der Waals surface area (Å²) in [6, 6.07) is 0. The maximum atomic E-state index is 13.4. The number of nitrogens with zero attached hydrogens (tertiary/aromatic N) is 3. The fraction of sp³-hybridized carbons (Fsp3) is 0.480. The molecule has 1 aliphatic heterocycles. The lowest BCUT2D eigenvalue weighted by Gasteiger charge is -2.31. The zero-order valence-electron chi connectivity index (χ0n) is 19.8. The number of pyridine rings is 1. The van der Waals surface area contributed by atoms with Crippen molar-refractivity contribution >= 4 is 41.2 Å². The number of aryl methyl sites for hydroxylation is 1. The summed E-state index contributed by atoms with van der Waals surface area (Å²) in [5.41, 5.74) is 1.98. The summed E-state index contributed by atoms with van der Waals surface area (Å²) in [5.74, 6) is -1.56. The minimum absolute atomic E-state index is 0.0211.